The second-order valence-corrected chi connectivity index (χ2v) is 1.58. The summed E-state index contributed by atoms with van der Waals surface area (Å²) in [5.41, 5.74) is 0. The zero-order valence-electron chi connectivity index (χ0n) is 4.15. The van der Waals surface area contributed by atoms with Crippen LogP contribution in [0, 0.1) is 0 Å². The van der Waals surface area contributed by atoms with Crippen LogP contribution in [0.1, 0.15) is 13.8 Å². The van der Waals surface area contributed by atoms with Crippen LogP contribution in [-0.2, 0) is 0 Å². The minimum absolute atomic E-state index is 0.759. The van der Waals surface area contributed by atoms with Crippen LogP contribution < -0.4 is 0 Å². The highest BCUT2D eigenvalue weighted by molar-refractivity contribution is 6.35. The molecule has 0 aromatic carbocycles. The topological polar surface area (TPSA) is 0 Å². The van der Waals surface area contributed by atoms with E-state index in [0.717, 1.165) is 5.82 Å². The molecule has 0 aliphatic carbocycles. The Hall–Kier alpha value is 0.0649. The quantitative estimate of drug-likeness (QED) is 0.324. The van der Waals surface area contributed by atoms with Crippen LogP contribution in [0.15, 0.2) is 0 Å². The molecule has 0 saturated heterocycles. The van der Waals surface area contributed by atoms with Gasteiger partial charge >= 0.3 is 0 Å². The van der Waals surface area contributed by atoms with Crippen molar-refractivity contribution in [2.75, 3.05) is 0 Å². The molecule has 0 saturated carbocycles. The van der Waals surface area contributed by atoms with E-state index in [1.165, 1.54) is 0 Å². The van der Waals surface area contributed by atoms with Gasteiger partial charge in [0.15, 0.2) is 0 Å². The molecule has 1 heteroatoms. The third-order valence-electron chi connectivity index (χ3n) is 0.667. The highest BCUT2D eigenvalue weighted by Gasteiger charge is 1.82. The van der Waals surface area contributed by atoms with Crippen molar-refractivity contribution in [1.82, 2.24) is 0 Å². The Kier molecular flexibility index (Phi) is 2.34. The first-order chi connectivity index (χ1) is 2.27. The molecule has 29 valence electrons. The van der Waals surface area contributed by atoms with Crippen molar-refractivity contribution in [2.45, 2.75) is 26.5 Å². The number of rotatable bonds is 1. The van der Waals surface area contributed by atoms with E-state index in [1.54, 1.807) is 0 Å². The first kappa shape index (κ1) is 5.06. The molecule has 0 rings (SSSR count). The number of hydrogen-bond acceptors (Lipinski definition) is 0. The maximum absolute atomic E-state index is 2.17. The molecule has 0 aliphatic heterocycles. The van der Waals surface area contributed by atoms with E-state index in [0.29, 0.717) is 0 Å². The minimum atomic E-state index is 0.759. The standard InChI is InChI=1S/C4H10B/c1-4(2)5-3/h4H,1-3H3/i4+1. The second-order valence-electron chi connectivity index (χ2n) is 1.58. The van der Waals surface area contributed by atoms with Gasteiger partial charge in [-0.15, -0.1) is 0 Å². The van der Waals surface area contributed by atoms with Gasteiger partial charge in [0.2, 0.25) is 0 Å². The van der Waals surface area contributed by atoms with Crippen LogP contribution in [0.3, 0.4) is 0 Å². The van der Waals surface area contributed by atoms with Crippen LogP contribution in [0.25, 0.3) is 0 Å². The van der Waals surface area contributed by atoms with Gasteiger partial charge in [-0.2, -0.15) is 0 Å². The SMILES string of the molecule is C[B][13CH](C)C. The summed E-state index contributed by atoms with van der Waals surface area (Å²) in [4.78, 5) is 0. The normalized spacial score (nSPS) is 8.80. The van der Waals surface area contributed by atoms with Gasteiger partial charge in [0.1, 0.15) is 7.28 Å². The molecule has 1 radical (unpaired) electrons. The number of hydrogen-bond donors (Lipinski definition) is 0. The Bertz CT molecular complexity index is 17.6. The lowest BCUT2D eigenvalue weighted by Gasteiger charge is -1.88. The molecular formula is C4H10B. The molecule has 0 amide bonds. The summed E-state index contributed by atoms with van der Waals surface area (Å²) in [5.74, 6) is 0.759. The summed E-state index contributed by atoms with van der Waals surface area (Å²) in [5, 5.41) is 0. The molecule has 0 aromatic rings. The van der Waals surface area contributed by atoms with Crippen LogP contribution >= 0.6 is 0 Å². The predicted octanol–water partition coefficient (Wildman–Crippen LogP) is 1.57. The van der Waals surface area contributed by atoms with Gasteiger partial charge in [0.25, 0.3) is 0 Å². The molecule has 0 unspecified atom stereocenters. The Morgan fingerprint density at radius 1 is 1.40 bits per heavy atom. The Balaban J connectivity index is 2.54. The van der Waals surface area contributed by atoms with E-state index in [2.05, 4.69) is 28.0 Å². The predicted molar refractivity (Wildman–Crippen MR) is 26.7 cm³/mol. The van der Waals surface area contributed by atoms with Crippen molar-refractivity contribution in [2.24, 2.45) is 0 Å². The van der Waals surface area contributed by atoms with Gasteiger partial charge in [-0.25, -0.2) is 0 Å². The van der Waals surface area contributed by atoms with Crippen molar-refractivity contribution in [1.29, 1.82) is 0 Å². The van der Waals surface area contributed by atoms with Gasteiger partial charge in [0, 0.05) is 0 Å². The molecule has 0 atom stereocenters. The molecule has 0 aromatic heterocycles. The second kappa shape index (κ2) is 2.31. The third-order valence-corrected chi connectivity index (χ3v) is 0.667. The van der Waals surface area contributed by atoms with E-state index in [1.807, 2.05) is 0 Å². The van der Waals surface area contributed by atoms with E-state index < -0.39 is 0 Å². The van der Waals surface area contributed by atoms with Crippen molar-refractivity contribution >= 4 is 7.28 Å². The lowest BCUT2D eigenvalue weighted by atomic mass is 9.88. The Labute approximate surface area is 34.8 Å². The summed E-state index contributed by atoms with van der Waals surface area (Å²) >= 11 is 0. The van der Waals surface area contributed by atoms with E-state index in [9.17, 15) is 0 Å². The van der Waals surface area contributed by atoms with Crippen LogP contribution in [0.4, 0.5) is 0 Å². The molecular weight excluding hydrogens is 59.8 g/mol. The summed E-state index contributed by atoms with van der Waals surface area (Å²) in [7, 11) is 2.17. The fraction of sp³-hybridized carbons (Fsp3) is 1.00. The van der Waals surface area contributed by atoms with Crippen molar-refractivity contribution < 1.29 is 0 Å². The lowest BCUT2D eigenvalue weighted by molar-refractivity contribution is 1.06. The van der Waals surface area contributed by atoms with Crippen molar-refractivity contribution in [3.63, 3.8) is 0 Å². The molecule has 0 nitrogen and oxygen atoms in total. The van der Waals surface area contributed by atoms with E-state index in [-0.39, 0.29) is 0 Å². The maximum Gasteiger partial charge on any atom is 0.109 e. The molecule has 0 bridgehead atoms. The highest BCUT2D eigenvalue weighted by Crippen LogP contribution is 1.92. The van der Waals surface area contributed by atoms with E-state index in [4.69, 9.17) is 0 Å². The summed E-state index contributed by atoms with van der Waals surface area (Å²) in [6.07, 6.45) is 0. The van der Waals surface area contributed by atoms with Gasteiger partial charge in [-0.05, 0) is 0 Å². The largest absolute Gasteiger partial charge is 0.109 e. The first-order valence-corrected chi connectivity index (χ1v) is 2.07. The zero-order valence-corrected chi connectivity index (χ0v) is 4.15. The average molecular weight is 69.9 g/mol. The molecule has 0 spiro atoms. The minimum Gasteiger partial charge on any atom is -0.0917 e. The van der Waals surface area contributed by atoms with E-state index >= 15 is 0 Å². The highest BCUT2D eigenvalue weighted by atomic mass is 14.2. The fourth-order valence-electron chi connectivity index (χ4n) is 0. The van der Waals surface area contributed by atoms with Gasteiger partial charge in [0.05, 0.1) is 0 Å². The van der Waals surface area contributed by atoms with Crippen LogP contribution in [0.2, 0.25) is 12.6 Å². The summed E-state index contributed by atoms with van der Waals surface area (Å²) < 4.78 is 0. The smallest absolute Gasteiger partial charge is 0.0917 e. The molecule has 5 heavy (non-hydrogen) atoms. The third kappa shape index (κ3) is 4.06. The Morgan fingerprint density at radius 2 is 1.60 bits per heavy atom. The molecule has 0 aliphatic rings. The van der Waals surface area contributed by atoms with Gasteiger partial charge in [-0.3, -0.25) is 0 Å². The fourth-order valence-corrected chi connectivity index (χ4v) is 0. The molecule has 0 fully saturated rings. The monoisotopic (exact) mass is 70.1 g/mol. The van der Waals surface area contributed by atoms with Gasteiger partial charge in [-0.1, -0.05) is 26.5 Å². The summed E-state index contributed by atoms with van der Waals surface area (Å²) in [6, 6.07) is 0. The summed E-state index contributed by atoms with van der Waals surface area (Å²) in [6.45, 7) is 6.41. The molecule has 0 N–H and O–H groups in total. The van der Waals surface area contributed by atoms with Crippen LogP contribution in [0.5, 0.6) is 0 Å². The van der Waals surface area contributed by atoms with Gasteiger partial charge < -0.3 is 0 Å². The van der Waals surface area contributed by atoms with Crippen molar-refractivity contribution in [3.8, 4) is 0 Å². The maximum atomic E-state index is 2.17. The van der Waals surface area contributed by atoms with Crippen molar-refractivity contribution in [3.05, 3.63) is 0 Å². The Morgan fingerprint density at radius 3 is 1.60 bits per heavy atom. The average Bonchev–Trinajstić information content (AvgIpc) is 1.38. The lowest BCUT2D eigenvalue weighted by Crippen LogP contribution is -1.83. The van der Waals surface area contributed by atoms with Crippen LogP contribution in [-0.4, -0.2) is 7.28 Å². The first-order valence-electron chi connectivity index (χ1n) is 2.07. The zero-order chi connectivity index (χ0) is 4.28. The molecule has 0 heterocycles.